The van der Waals surface area contributed by atoms with E-state index in [1.54, 1.807) is 0 Å². The van der Waals surface area contributed by atoms with E-state index in [0.29, 0.717) is 31.3 Å². The number of hydrogen-bond donors (Lipinski definition) is 2. The Morgan fingerprint density at radius 2 is 1.59 bits per heavy atom. The fourth-order valence-corrected chi connectivity index (χ4v) is 4.80. The first kappa shape index (κ1) is 19.7. The molecule has 7 heteroatoms. The average Bonchev–Trinajstić information content (AvgIpc) is 2.40. The molecule has 2 rings (SSSR count). The molecule has 0 unspecified atom stereocenters. The Morgan fingerprint density at radius 1 is 1.09 bits per heavy atom. The summed E-state index contributed by atoms with van der Waals surface area (Å²) in [7, 11) is -3.41. The van der Waals surface area contributed by atoms with Gasteiger partial charge < -0.3 is 10.6 Å². The average molecular weight is 353 g/mol. The fraction of sp³-hybridized carbons (Fsp3) is 0.933. The monoisotopic (exact) mass is 352 g/mol. The summed E-state index contributed by atoms with van der Waals surface area (Å²) in [6.07, 6.45) is 5.97. The first-order valence-electron chi connectivity index (χ1n) is 7.88. The van der Waals surface area contributed by atoms with Gasteiger partial charge in [0.05, 0.1) is 0 Å². The van der Waals surface area contributed by atoms with Crippen molar-refractivity contribution in [3.63, 3.8) is 0 Å². The fourth-order valence-electron chi connectivity index (χ4n) is 3.46. The lowest BCUT2D eigenvalue weighted by Crippen LogP contribution is -2.59. The second-order valence-corrected chi connectivity index (χ2v) is 9.75. The van der Waals surface area contributed by atoms with E-state index in [1.165, 1.54) is 6.26 Å². The van der Waals surface area contributed by atoms with Gasteiger partial charge in [0, 0.05) is 12.3 Å². The van der Waals surface area contributed by atoms with Crippen LogP contribution in [-0.4, -0.2) is 44.5 Å². The predicted octanol–water partition coefficient (Wildman–Crippen LogP) is 1.66. The number of rotatable bonds is 3. The van der Waals surface area contributed by atoms with Gasteiger partial charge in [-0.1, -0.05) is 13.8 Å². The minimum Gasteiger partial charge on any atom is -0.352 e. The van der Waals surface area contributed by atoms with Crippen LogP contribution in [0.5, 0.6) is 0 Å². The van der Waals surface area contributed by atoms with E-state index in [-0.39, 0.29) is 24.4 Å². The maximum absolute atomic E-state index is 12.7. The van der Waals surface area contributed by atoms with Crippen molar-refractivity contribution >= 4 is 28.2 Å². The highest BCUT2D eigenvalue weighted by Gasteiger charge is 2.49. The first-order valence-corrected chi connectivity index (χ1v) is 9.77. The van der Waals surface area contributed by atoms with Gasteiger partial charge in [0.15, 0.2) is 14.6 Å². The van der Waals surface area contributed by atoms with E-state index < -0.39 is 14.6 Å². The van der Waals surface area contributed by atoms with Gasteiger partial charge in [0.1, 0.15) is 0 Å². The quantitative estimate of drug-likeness (QED) is 0.810. The highest BCUT2D eigenvalue weighted by Crippen LogP contribution is 2.36. The Kier molecular flexibility index (Phi) is 6.32. The Balaban J connectivity index is 0.00000242. The van der Waals surface area contributed by atoms with Crippen LogP contribution < -0.4 is 10.6 Å². The zero-order chi connectivity index (χ0) is 15.7. The van der Waals surface area contributed by atoms with Crippen LogP contribution in [0, 0.1) is 5.41 Å². The zero-order valence-corrected chi connectivity index (χ0v) is 15.4. The molecule has 1 aliphatic carbocycles. The van der Waals surface area contributed by atoms with Gasteiger partial charge in [-0.25, -0.2) is 8.42 Å². The molecule has 0 radical (unpaired) electrons. The highest BCUT2D eigenvalue weighted by atomic mass is 35.5. The van der Waals surface area contributed by atoms with E-state index in [4.69, 9.17) is 0 Å². The standard InChI is InChI=1S/C15H28N2O3S.ClH/c1-14(2)6-4-12(5-7-14)17-13(18)15(21(3,19)20)8-10-16-11-9-15;/h12,16H,4-11H2,1-3H3,(H,17,18);1H. The topological polar surface area (TPSA) is 75.3 Å². The molecule has 2 N–H and O–H groups in total. The summed E-state index contributed by atoms with van der Waals surface area (Å²) in [4.78, 5) is 12.7. The van der Waals surface area contributed by atoms with Crippen LogP contribution in [0.2, 0.25) is 0 Å². The lowest BCUT2D eigenvalue weighted by atomic mass is 9.75. The largest absolute Gasteiger partial charge is 0.352 e. The third-order valence-corrected chi connectivity index (χ3v) is 7.22. The van der Waals surface area contributed by atoms with Gasteiger partial charge in [0.25, 0.3) is 0 Å². The Labute approximate surface area is 140 Å². The lowest BCUT2D eigenvalue weighted by Gasteiger charge is -2.38. The number of carbonyl (C=O) groups excluding carboxylic acids is 1. The van der Waals surface area contributed by atoms with Gasteiger partial charge in [-0.2, -0.15) is 0 Å². The smallest absolute Gasteiger partial charge is 0.241 e. The van der Waals surface area contributed by atoms with E-state index >= 15 is 0 Å². The van der Waals surface area contributed by atoms with E-state index in [0.717, 1.165) is 25.7 Å². The predicted molar refractivity (Wildman–Crippen MR) is 91.1 cm³/mol. The number of piperidine rings is 1. The third-order valence-electron chi connectivity index (χ3n) is 5.21. The minimum absolute atomic E-state index is 0. The van der Waals surface area contributed by atoms with Crippen molar-refractivity contribution in [1.82, 2.24) is 10.6 Å². The van der Waals surface area contributed by atoms with Crippen molar-refractivity contribution < 1.29 is 13.2 Å². The normalized spacial score (nSPS) is 25.0. The van der Waals surface area contributed by atoms with Crippen molar-refractivity contribution in [3.8, 4) is 0 Å². The van der Waals surface area contributed by atoms with Crippen LogP contribution >= 0.6 is 12.4 Å². The molecule has 2 fully saturated rings. The molecule has 1 saturated carbocycles. The molecule has 0 aromatic carbocycles. The summed E-state index contributed by atoms with van der Waals surface area (Å²) in [6.45, 7) is 5.65. The van der Waals surface area contributed by atoms with Crippen LogP contribution in [0.3, 0.4) is 0 Å². The van der Waals surface area contributed by atoms with Crippen LogP contribution in [0.15, 0.2) is 0 Å². The Morgan fingerprint density at radius 3 is 2.05 bits per heavy atom. The van der Waals surface area contributed by atoms with Gasteiger partial charge in [-0.3, -0.25) is 4.79 Å². The molecule has 22 heavy (non-hydrogen) atoms. The SMILES string of the molecule is CC1(C)CCC(NC(=O)C2(S(C)(=O)=O)CCNCC2)CC1.Cl. The minimum atomic E-state index is -3.41. The van der Waals surface area contributed by atoms with E-state index in [9.17, 15) is 13.2 Å². The van der Waals surface area contributed by atoms with Crippen molar-refractivity contribution in [3.05, 3.63) is 0 Å². The molecule has 0 aromatic rings. The van der Waals surface area contributed by atoms with Crippen LogP contribution in [-0.2, 0) is 14.6 Å². The van der Waals surface area contributed by atoms with Gasteiger partial charge >= 0.3 is 0 Å². The summed E-state index contributed by atoms with van der Waals surface area (Å²) < 4.78 is 23.2. The second kappa shape index (κ2) is 7.05. The molecule has 5 nitrogen and oxygen atoms in total. The van der Waals surface area contributed by atoms with Crippen LogP contribution in [0.25, 0.3) is 0 Å². The van der Waals surface area contributed by atoms with Crippen LogP contribution in [0.4, 0.5) is 0 Å². The second-order valence-electron chi connectivity index (χ2n) is 7.43. The number of sulfone groups is 1. The molecule has 130 valence electrons. The lowest BCUT2D eigenvalue weighted by molar-refractivity contribution is -0.125. The number of halogens is 1. The molecular weight excluding hydrogens is 324 g/mol. The number of amides is 1. The summed E-state index contributed by atoms with van der Waals surface area (Å²) in [5.74, 6) is -0.281. The van der Waals surface area contributed by atoms with Gasteiger partial charge in [-0.05, 0) is 57.0 Å². The summed E-state index contributed by atoms with van der Waals surface area (Å²) in [5.41, 5.74) is 0.338. The first-order chi connectivity index (χ1) is 9.66. The molecule has 1 heterocycles. The maximum Gasteiger partial charge on any atom is 0.241 e. The molecule has 0 bridgehead atoms. The maximum atomic E-state index is 12.7. The van der Waals surface area contributed by atoms with Crippen molar-refractivity contribution in [2.75, 3.05) is 19.3 Å². The Hall–Kier alpha value is -0.330. The number of nitrogens with one attached hydrogen (secondary N) is 2. The molecule has 1 amide bonds. The number of hydrogen-bond acceptors (Lipinski definition) is 4. The van der Waals surface area contributed by atoms with Crippen molar-refractivity contribution in [2.24, 2.45) is 5.41 Å². The highest BCUT2D eigenvalue weighted by molar-refractivity contribution is 7.92. The molecule has 2 aliphatic rings. The van der Waals surface area contributed by atoms with Crippen molar-refractivity contribution in [2.45, 2.75) is 63.2 Å². The van der Waals surface area contributed by atoms with Gasteiger partial charge in [0.2, 0.25) is 5.91 Å². The van der Waals surface area contributed by atoms with E-state index in [2.05, 4.69) is 24.5 Å². The molecule has 0 aromatic heterocycles. The molecular formula is C15H29ClN2O3S. The summed E-state index contributed by atoms with van der Waals surface area (Å²) in [5, 5.41) is 6.16. The molecule has 0 atom stereocenters. The van der Waals surface area contributed by atoms with Gasteiger partial charge in [-0.15, -0.1) is 12.4 Å². The zero-order valence-electron chi connectivity index (χ0n) is 13.8. The summed E-state index contributed by atoms with van der Waals surface area (Å²) in [6, 6.07) is 0.124. The van der Waals surface area contributed by atoms with Crippen LogP contribution in [0.1, 0.15) is 52.4 Å². The third kappa shape index (κ3) is 4.15. The van der Waals surface area contributed by atoms with E-state index in [1.807, 2.05) is 0 Å². The molecule has 1 saturated heterocycles. The number of carbonyl (C=O) groups is 1. The summed E-state index contributed by atoms with van der Waals surface area (Å²) >= 11 is 0. The molecule has 0 spiro atoms. The Bertz CT molecular complexity index is 489. The molecule has 1 aliphatic heterocycles. The van der Waals surface area contributed by atoms with Crippen molar-refractivity contribution in [1.29, 1.82) is 0 Å².